The van der Waals surface area contributed by atoms with Crippen LogP contribution in [0.4, 0.5) is 0 Å². The van der Waals surface area contributed by atoms with Gasteiger partial charge in [0.15, 0.2) is 0 Å². The Morgan fingerprint density at radius 2 is 2.00 bits per heavy atom. The van der Waals surface area contributed by atoms with Crippen LogP contribution >= 0.6 is 15.9 Å². The number of nitrogens with one attached hydrogen (secondary N) is 1. The molecule has 0 saturated carbocycles. The molecule has 0 aliphatic rings. The second kappa shape index (κ2) is 7.55. The molecular formula is C17H21BrN2. The molecule has 1 heterocycles. The maximum atomic E-state index is 4.56. The molecule has 0 amide bonds. The van der Waals surface area contributed by atoms with Crippen LogP contribution < -0.4 is 5.32 Å². The van der Waals surface area contributed by atoms with E-state index in [1.165, 1.54) is 11.1 Å². The maximum Gasteiger partial charge on any atom is 0.0452 e. The molecule has 0 aliphatic carbocycles. The van der Waals surface area contributed by atoms with Crippen molar-refractivity contribution in [2.75, 3.05) is 6.54 Å². The number of hydrogen-bond donors (Lipinski definition) is 1. The number of benzene rings is 1. The fraction of sp³-hybridized carbons (Fsp3) is 0.353. The number of pyridine rings is 1. The molecular weight excluding hydrogens is 312 g/mol. The molecule has 0 bridgehead atoms. The Bertz CT molecular complexity index is 540. The largest absolute Gasteiger partial charge is 0.310 e. The van der Waals surface area contributed by atoms with Crippen molar-refractivity contribution in [3.8, 4) is 0 Å². The lowest BCUT2D eigenvalue weighted by molar-refractivity contribution is 0.523. The van der Waals surface area contributed by atoms with Gasteiger partial charge in [0.1, 0.15) is 0 Å². The quantitative estimate of drug-likeness (QED) is 0.846. The zero-order chi connectivity index (χ0) is 14.4. The number of nitrogens with zero attached hydrogens (tertiary/aromatic N) is 1. The monoisotopic (exact) mass is 332 g/mol. The molecule has 1 aromatic carbocycles. The first-order valence-corrected chi connectivity index (χ1v) is 7.89. The Kier molecular flexibility index (Phi) is 5.74. The van der Waals surface area contributed by atoms with Gasteiger partial charge in [0.2, 0.25) is 0 Å². The third-order valence-electron chi connectivity index (χ3n) is 3.39. The highest BCUT2D eigenvalue weighted by Crippen LogP contribution is 2.21. The zero-order valence-electron chi connectivity index (χ0n) is 12.1. The average molecular weight is 333 g/mol. The van der Waals surface area contributed by atoms with E-state index in [4.69, 9.17) is 0 Å². The Balaban J connectivity index is 2.19. The summed E-state index contributed by atoms with van der Waals surface area (Å²) in [5.74, 6) is 0. The molecule has 0 saturated heterocycles. The number of rotatable bonds is 6. The van der Waals surface area contributed by atoms with Crippen LogP contribution in [-0.4, -0.2) is 11.5 Å². The van der Waals surface area contributed by atoms with Crippen molar-refractivity contribution >= 4 is 15.9 Å². The van der Waals surface area contributed by atoms with Crippen molar-refractivity contribution in [2.24, 2.45) is 0 Å². The van der Waals surface area contributed by atoms with Crippen LogP contribution in [0.15, 0.2) is 47.1 Å². The highest BCUT2D eigenvalue weighted by molar-refractivity contribution is 9.10. The molecule has 3 heteroatoms. The van der Waals surface area contributed by atoms with Gasteiger partial charge in [-0.2, -0.15) is 0 Å². The summed E-state index contributed by atoms with van der Waals surface area (Å²) in [6.07, 6.45) is 3.93. The van der Waals surface area contributed by atoms with Gasteiger partial charge in [-0.05, 0) is 53.0 Å². The molecule has 2 nitrogen and oxygen atoms in total. The van der Waals surface area contributed by atoms with Gasteiger partial charge in [-0.3, -0.25) is 4.98 Å². The van der Waals surface area contributed by atoms with E-state index >= 15 is 0 Å². The number of hydrogen-bond acceptors (Lipinski definition) is 2. The Hall–Kier alpha value is -1.19. The first kappa shape index (κ1) is 15.2. The van der Waals surface area contributed by atoms with E-state index < -0.39 is 0 Å². The van der Waals surface area contributed by atoms with Crippen molar-refractivity contribution in [1.82, 2.24) is 10.3 Å². The second-order valence-electron chi connectivity index (χ2n) is 5.04. The normalized spacial score (nSPS) is 12.3. The molecule has 106 valence electrons. The van der Waals surface area contributed by atoms with E-state index in [1.807, 2.05) is 6.20 Å². The fourth-order valence-electron chi connectivity index (χ4n) is 2.29. The predicted molar refractivity (Wildman–Crippen MR) is 87.9 cm³/mol. The Morgan fingerprint density at radius 1 is 1.25 bits per heavy atom. The zero-order valence-corrected chi connectivity index (χ0v) is 13.7. The lowest BCUT2D eigenvalue weighted by Gasteiger charge is -2.19. The van der Waals surface area contributed by atoms with Gasteiger partial charge in [0.05, 0.1) is 0 Å². The van der Waals surface area contributed by atoms with Crippen LogP contribution in [0, 0.1) is 6.92 Å². The third-order valence-corrected chi connectivity index (χ3v) is 3.83. The number of halogens is 1. The molecule has 0 fully saturated rings. The molecule has 1 unspecified atom stereocenters. The van der Waals surface area contributed by atoms with Gasteiger partial charge in [0.25, 0.3) is 0 Å². The lowest BCUT2D eigenvalue weighted by Crippen LogP contribution is -2.24. The molecule has 1 aromatic heterocycles. The summed E-state index contributed by atoms with van der Waals surface area (Å²) in [6.45, 7) is 5.34. The Labute approximate surface area is 129 Å². The fourth-order valence-corrected chi connectivity index (χ4v) is 2.73. The van der Waals surface area contributed by atoms with Gasteiger partial charge in [-0.1, -0.05) is 37.3 Å². The van der Waals surface area contributed by atoms with E-state index in [9.17, 15) is 0 Å². The molecule has 0 aliphatic heterocycles. The third kappa shape index (κ3) is 4.15. The van der Waals surface area contributed by atoms with Crippen molar-refractivity contribution in [3.05, 3.63) is 63.9 Å². The van der Waals surface area contributed by atoms with Gasteiger partial charge in [-0.15, -0.1) is 0 Å². The van der Waals surface area contributed by atoms with Crippen molar-refractivity contribution in [2.45, 2.75) is 32.7 Å². The van der Waals surface area contributed by atoms with E-state index in [2.05, 4.69) is 76.5 Å². The summed E-state index contributed by atoms with van der Waals surface area (Å²) in [5, 5.41) is 3.62. The molecule has 2 rings (SSSR count). The summed E-state index contributed by atoms with van der Waals surface area (Å²) in [7, 11) is 0. The van der Waals surface area contributed by atoms with Crippen molar-refractivity contribution in [3.63, 3.8) is 0 Å². The molecule has 0 radical (unpaired) electrons. The van der Waals surface area contributed by atoms with Gasteiger partial charge in [0, 0.05) is 28.8 Å². The molecule has 2 aromatic rings. The number of aryl methyl sites for hydroxylation is 1. The highest BCUT2D eigenvalue weighted by atomic mass is 79.9. The van der Waals surface area contributed by atoms with Crippen LogP contribution in [0.1, 0.15) is 36.2 Å². The smallest absolute Gasteiger partial charge is 0.0452 e. The minimum atomic E-state index is 0.323. The highest BCUT2D eigenvalue weighted by Gasteiger charge is 2.13. The van der Waals surface area contributed by atoms with Gasteiger partial charge in [-0.25, -0.2) is 0 Å². The summed E-state index contributed by atoms with van der Waals surface area (Å²) in [6, 6.07) is 13.1. The van der Waals surface area contributed by atoms with Gasteiger partial charge < -0.3 is 5.32 Å². The second-order valence-corrected chi connectivity index (χ2v) is 5.95. The van der Waals surface area contributed by atoms with E-state index in [1.54, 1.807) is 0 Å². The average Bonchev–Trinajstić information content (AvgIpc) is 2.46. The molecule has 1 N–H and O–H groups in total. The summed E-state index contributed by atoms with van der Waals surface area (Å²) in [5.41, 5.74) is 3.72. The molecule has 20 heavy (non-hydrogen) atoms. The van der Waals surface area contributed by atoms with Crippen molar-refractivity contribution < 1.29 is 0 Å². The maximum absolute atomic E-state index is 4.56. The summed E-state index contributed by atoms with van der Waals surface area (Å²) >= 11 is 3.47. The summed E-state index contributed by atoms with van der Waals surface area (Å²) < 4.78 is 1.04. The minimum Gasteiger partial charge on any atom is -0.310 e. The van der Waals surface area contributed by atoms with Gasteiger partial charge >= 0.3 is 0 Å². The Morgan fingerprint density at radius 3 is 2.65 bits per heavy atom. The van der Waals surface area contributed by atoms with E-state index in [-0.39, 0.29) is 0 Å². The van der Waals surface area contributed by atoms with Crippen LogP contribution in [-0.2, 0) is 6.42 Å². The van der Waals surface area contributed by atoms with Crippen LogP contribution in [0.3, 0.4) is 0 Å². The van der Waals surface area contributed by atoms with Crippen LogP contribution in [0.25, 0.3) is 0 Å². The standard InChI is InChI=1S/C17H21BrN2/c1-3-9-19-17(14-7-5-4-6-8-14)11-16-13(2)10-15(18)12-20-16/h4-8,10,12,17,19H,3,9,11H2,1-2H3. The molecule has 0 spiro atoms. The first-order chi connectivity index (χ1) is 9.70. The predicted octanol–water partition coefficient (Wildman–Crippen LogP) is 4.44. The lowest BCUT2D eigenvalue weighted by atomic mass is 9.99. The van der Waals surface area contributed by atoms with E-state index in [0.717, 1.165) is 29.6 Å². The summed E-state index contributed by atoms with van der Waals surface area (Å²) in [4.78, 5) is 4.56. The minimum absolute atomic E-state index is 0.323. The molecule has 1 atom stereocenters. The SMILES string of the molecule is CCCNC(Cc1ncc(Br)cc1C)c1ccccc1. The first-order valence-electron chi connectivity index (χ1n) is 7.10. The topological polar surface area (TPSA) is 24.9 Å². The number of aromatic nitrogens is 1. The van der Waals surface area contributed by atoms with E-state index in [0.29, 0.717) is 6.04 Å². The van der Waals surface area contributed by atoms with Crippen LogP contribution in [0.2, 0.25) is 0 Å². The van der Waals surface area contributed by atoms with Crippen LogP contribution in [0.5, 0.6) is 0 Å². The van der Waals surface area contributed by atoms with Crippen molar-refractivity contribution in [1.29, 1.82) is 0 Å².